The average Bonchev–Trinajstić information content (AvgIpc) is 3.98. The number of hydrogen-bond acceptors (Lipinski definition) is 14. The van der Waals surface area contributed by atoms with E-state index in [4.69, 9.17) is 30.9 Å². The first kappa shape index (κ1) is 72.7. The molecule has 0 aromatic heterocycles. The molecule has 16 atom stereocenters. The zero-order chi connectivity index (χ0) is 58.9. The van der Waals surface area contributed by atoms with Crippen molar-refractivity contribution < 1.29 is 81.8 Å². The summed E-state index contributed by atoms with van der Waals surface area (Å²) in [5, 5.41) is 50.4. The molecule has 444 valence electrons. The van der Waals surface area contributed by atoms with Crippen LogP contribution in [0, 0.1) is 68.0 Å². The van der Waals surface area contributed by atoms with Gasteiger partial charge in [0.15, 0.2) is 6.61 Å². The van der Waals surface area contributed by atoms with Crippen LogP contribution in [0.3, 0.4) is 0 Å². The van der Waals surface area contributed by atoms with Crippen LogP contribution in [-0.4, -0.2) is 97.9 Å². The van der Waals surface area contributed by atoms with Crippen molar-refractivity contribution in [2.24, 2.45) is 68.0 Å². The first-order chi connectivity index (χ1) is 36.6. The summed E-state index contributed by atoms with van der Waals surface area (Å²) in [4.78, 5) is 74.5. The summed E-state index contributed by atoms with van der Waals surface area (Å²) in [6.07, 6.45) is 7.64. The molecule has 14 nitrogen and oxygen atoms in total. The number of hydrogen-bond donors (Lipinski definition) is 5. The van der Waals surface area contributed by atoms with E-state index < -0.39 is 82.4 Å². The quantitative estimate of drug-likeness (QED) is 0.0517. The van der Waals surface area contributed by atoms with Gasteiger partial charge >= 0.3 is 68.4 Å². The molecule has 6 aliphatic carbocycles. The molecule has 0 aliphatic heterocycles. The molecule has 5 N–H and O–H groups in total. The van der Waals surface area contributed by atoms with Gasteiger partial charge in [-0.25, -0.2) is 14.4 Å². The summed E-state index contributed by atoms with van der Waals surface area (Å²) in [5.74, 6) is -2.54. The van der Waals surface area contributed by atoms with E-state index in [0.717, 1.165) is 38.5 Å². The molecule has 4 bridgehead atoms. The van der Waals surface area contributed by atoms with Gasteiger partial charge in [-0.2, -0.15) is 0 Å². The van der Waals surface area contributed by atoms with E-state index in [1.807, 2.05) is 13.8 Å². The van der Waals surface area contributed by atoms with Gasteiger partial charge in [-0.15, -0.1) is 37.1 Å². The number of Topliss-reactive ketones (excluding diaryl/α,β-unsaturated/α-hetero) is 2. The number of aliphatic hydroxyl groups excluding tert-OH is 3. The fourth-order valence-electron chi connectivity index (χ4n) is 14.9. The third-order valence-corrected chi connectivity index (χ3v) is 20.0. The Morgan fingerprint density at radius 3 is 1.39 bits per heavy atom. The van der Waals surface area contributed by atoms with Crippen molar-refractivity contribution in [2.75, 3.05) is 13.2 Å². The molecule has 21 heteroatoms. The SMILES string of the molecule is C=C[C@]1(C)C[C@@H](OC(=O)CO)[C@]2(C)[C@H](C)CC[C@]3(CCC(=O)[C@H]32)[C@@H](C)[C@@H]1O.C=C[C@]1(C)C[C@@H](OC(=O)COC(=O)c2ccccc2O)[C@]2(C)[C@H](C)CC[C@]3(CCC(=O)[C@H]32)[C@@H](C)[C@@H]1O.I.II.I[I-]I.O=C(Cl)c1ccccc1O. The first-order valence-electron chi connectivity index (χ1n) is 26.2. The molecular formula is C58H78ClI6O14-. The summed E-state index contributed by atoms with van der Waals surface area (Å²) in [7, 11) is 0. The van der Waals surface area contributed by atoms with Crippen molar-refractivity contribution in [3.05, 3.63) is 85.0 Å². The fourth-order valence-corrected chi connectivity index (χ4v) is 15.0. The summed E-state index contributed by atoms with van der Waals surface area (Å²) in [5.41, 5.74) is -3.06. The van der Waals surface area contributed by atoms with Crippen LogP contribution < -0.4 is 13.3 Å². The number of phenols is 2. The molecule has 6 saturated carbocycles. The van der Waals surface area contributed by atoms with Crippen molar-refractivity contribution in [2.45, 2.75) is 144 Å². The second-order valence-electron chi connectivity index (χ2n) is 23.2. The molecule has 2 aromatic carbocycles. The van der Waals surface area contributed by atoms with Crippen LogP contribution in [0.4, 0.5) is 0 Å². The van der Waals surface area contributed by atoms with Crippen LogP contribution in [0.1, 0.15) is 140 Å². The zero-order valence-corrected chi connectivity index (χ0v) is 59.9. The second-order valence-corrected chi connectivity index (χ2v) is 39.8. The van der Waals surface area contributed by atoms with Crippen molar-refractivity contribution >= 4 is 145 Å². The van der Waals surface area contributed by atoms with Crippen molar-refractivity contribution in [3.8, 4) is 11.5 Å². The number of aromatic hydroxyl groups is 2. The van der Waals surface area contributed by atoms with E-state index in [2.05, 4.69) is 129 Å². The maximum absolute atomic E-state index is 13.4. The van der Waals surface area contributed by atoms with E-state index in [1.165, 1.54) is 24.3 Å². The molecule has 2 aromatic rings. The van der Waals surface area contributed by atoms with Gasteiger partial charge in [0, 0.05) is 83.6 Å². The Bertz CT molecular complexity index is 2500. The third kappa shape index (κ3) is 14.8. The minimum absolute atomic E-state index is 0. The van der Waals surface area contributed by atoms with Gasteiger partial charge in [-0.05, 0) is 122 Å². The molecule has 0 amide bonds. The second kappa shape index (κ2) is 30.7. The predicted molar refractivity (Wildman–Crippen MR) is 345 cm³/mol. The number of ketones is 2. The van der Waals surface area contributed by atoms with Crippen molar-refractivity contribution in [1.29, 1.82) is 0 Å². The Balaban J connectivity index is 0.000000334. The molecule has 0 unspecified atom stereocenters. The average molecular weight is 1800 g/mol. The molecule has 79 heavy (non-hydrogen) atoms. The van der Waals surface area contributed by atoms with E-state index >= 15 is 0 Å². The number of halogens is 7. The van der Waals surface area contributed by atoms with Crippen molar-refractivity contribution in [1.82, 2.24) is 0 Å². The van der Waals surface area contributed by atoms with Crippen LogP contribution >= 0.6 is 110 Å². The van der Waals surface area contributed by atoms with Crippen LogP contribution in [0.25, 0.3) is 0 Å². The maximum atomic E-state index is 13.4. The van der Waals surface area contributed by atoms with Crippen molar-refractivity contribution in [3.63, 3.8) is 0 Å². The Kier molecular flexibility index (Phi) is 28.3. The Hall–Kier alpha value is -0.510. The van der Waals surface area contributed by atoms with E-state index in [9.17, 15) is 49.2 Å². The van der Waals surface area contributed by atoms with E-state index in [0.29, 0.717) is 38.9 Å². The number of phenolic OH excluding ortho intramolecular Hbond substituents is 2. The van der Waals surface area contributed by atoms with Crippen LogP contribution in [0.5, 0.6) is 11.5 Å². The molecule has 8 rings (SSSR count). The largest absolute Gasteiger partial charge is 0.507 e. The number of aliphatic hydroxyl groups is 3. The fraction of sp³-hybridized carbons (Fsp3) is 0.621. The van der Waals surface area contributed by atoms with Crippen LogP contribution in [-0.2, 0) is 33.4 Å². The smallest absolute Gasteiger partial charge is 0.256 e. The van der Waals surface area contributed by atoms with Gasteiger partial charge in [0.2, 0.25) is 0 Å². The molecule has 6 aliphatic rings. The summed E-state index contributed by atoms with van der Waals surface area (Å²) < 4.78 is 17.0. The molecule has 6 fully saturated rings. The number of carbonyl (C=O) groups excluding carboxylic acids is 6. The Morgan fingerprint density at radius 1 is 0.684 bits per heavy atom. The first-order valence-corrected chi connectivity index (χ1v) is 45.5. The van der Waals surface area contributed by atoms with Gasteiger partial charge in [0.1, 0.15) is 47.4 Å². The predicted octanol–water partition coefficient (Wildman–Crippen LogP) is 10.3. The number of rotatable bonds is 9. The number of para-hydroxylation sites is 2. The molecule has 0 heterocycles. The summed E-state index contributed by atoms with van der Waals surface area (Å²) >= 11 is 14.6. The minimum atomic E-state index is -0.829. The minimum Gasteiger partial charge on any atom is -0.507 e. The summed E-state index contributed by atoms with van der Waals surface area (Å²) in [6, 6.07) is 12.1. The third-order valence-electron chi connectivity index (χ3n) is 19.8. The zero-order valence-electron chi connectivity index (χ0n) is 46.0. The topological polar surface area (TPSA) is 231 Å². The normalized spacial score (nSPS) is 36.7. The molecule has 0 saturated heterocycles. The summed E-state index contributed by atoms with van der Waals surface area (Å²) in [6.45, 7) is 23.1. The van der Waals surface area contributed by atoms with Crippen LogP contribution in [0.15, 0.2) is 73.8 Å². The number of carbonyl (C=O) groups is 6. The molecule has 0 spiro atoms. The van der Waals surface area contributed by atoms with E-state index in [-0.39, 0.29) is 105 Å². The standard InChI is InChI=1S/C29H38O7.C22H34O5.C7H5ClO2.I3.I2.HI/c1-6-27(4)15-22(36-23(32)16-35-26(34)19-9-7-8-10-20(19)30)28(5)17(2)11-13-29(18(3)25(27)33)14-12-21(31)24(28)29;1-6-20(4)11-16(27-17(25)12-23)21(5)13(2)7-9-22(14(3)19(20)26)10-8-15(24)18(21)22;8-7(10)5-3-1-2-4-6(5)9;1-3-2;1-2;/h6-10,17-18,22,24-25,30,33H,1,11-16H2,2-5H3;6,13-14,16,18-19,23,26H,1,7-12H2,2-5H3;1-4,9H;;;1H/q;;;-1;;/t17-,18+,22-,24+,25+,27-,28+,29+;13-,14+,16-,18+,19+,20-,21+,22+;;;;/m11..../s1. The maximum Gasteiger partial charge on any atom is 0.256 e. The molecular weight excluding hydrogens is 1720 g/mol. The number of ether oxygens (including phenoxy) is 3. The van der Waals surface area contributed by atoms with Crippen LogP contribution in [0.2, 0.25) is 0 Å². The van der Waals surface area contributed by atoms with Gasteiger partial charge in [-0.1, -0.05) is 91.8 Å². The van der Waals surface area contributed by atoms with Gasteiger partial charge in [0.25, 0.3) is 5.24 Å². The van der Waals surface area contributed by atoms with Gasteiger partial charge in [-0.3, -0.25) is 14.4 Å². The Labute approximate surface area is 541 Å². The molecule has 0 radical (unpaired) electrons. The van der Waals surface area contributed by atoms with Gasteiger partial charge in [0.05, 0.1) is 17.8 Å². The Morgan fingerprint density at radius 2 is 1.05 bits per heavy atom. The monoisotopic (exact) mass is 1790 g/mol. The number of benzene rings is 2. The number of esters is 3. The van der Waals surface area contributed by atoms with E-state index in [1.54, 1.807) is 36.4 Å². The van der Waals surface area contributed by atoms with Gasteiger partial charge < -0.3 is 39.7 Å².